The van der Waals surface area contributed by atoms with Crippen LogP contribution in [0, 0.1) is 19.7 Å². The zero-order valence-corrected chi connectivity index (χ0v) is 10.8. The van der Waals surface area contributed by atoms with Crippen LogP contribution in [0.2, 0.25) is 0 Å². The van der Waals surface area contributed by atoms with E-state index in [0.717, 1.165) is 5.56 Å². The van der Waals surface area contributed by atoms with Gasteiger partial charge >= 0.3 is 0 Å². The predicted octanol–water partition coefficient (Wildman–Crippen LogP) is 3.69. The summed E-state index contributed by atoms with van der Waals surface area (Å²) in [6.45, 7) is 3.81. The number of hydrogen-bond acceptors (Lipinski definition) is 1. The van der Waals surface area contributed by atoms with Crippen LogP contribution in [0.25, 0.3) is 0 Å². The first kappa shape index (κ1) is 12.8. The summed E-state index contributed by atoms with van der Waals surface area (Å²) in [7, 11) is 0. The van der Waals surface area contributed by atoms with Gasteiger partial charge in [0.2, 0.25) is 0 Å². The number of halogens is 1. The maximum atomic E-state index is 14.0. The molecule has 1 atom stereocenters. The first-order valence-corrected chi connectivity index (χ1v) is 6.14. The van der Waals surface area contributed by atoms with Gasteiger partial charge in [-0.2, -0.15) is 0 Å². The second-order valence-electron chi connectivity index (χ2n) is 4.78. The van der Waals surface area contributed by atoms with Gasteiger partial charge < -0.3 is 5.73 Å². The summed E-state index contributed by atoms with van der Waals surface area (Å²) in [6, 6.07) is 13.2. The van der Waals surface area contributed by atoms with E-state index in [1.54, 1.807) is 19.1 Å². The summed E-state index contributed by atoms with van der Waals surface area (Å²) < 4.78 is 14.0. The molecule has 1 unspecified atom stereocenters. The molecule has 2 heteroatoms. The van der Waals surface area contributed by atoms with Gasteiger partial charge in [-0.15, -0.1) is 0 Å². The van der Waals surface area contributed by atoms with Crippen LogP contribution in [-0.2, 0) is 6.42 Å². The Bertz CT molecular complexity index is 549. The monoisotopic (exact) mass is 243 g/mol. The van der Waals surface area contributed by atoms with Crippen molar-refractivity contribution in [3.8, 4) is 0 Å². The van der Waals surface area contributed by atoms with Gasteiger partial charge in [-0.05, 0) is 31.4 Å². The normalized spacial score (nSPS) is 12.4. The van der Waals surface area contributed by atoms with Gasteiger partial charge in [-0.3, -0.25) is 0 Å². The molecule has 0 heterocycles. The van der Waals surface area contributed by atoms with Crippen LogP contribution in [0.3, 0.4) is 0 Å². The summed E-state index contributed by atoms with van der Waals surface area (Å²) in [6.07, 6.45) is 0.655. The van der Waals surface area contributed by atoms with Crippen molar-refractivity contribution in [3.05, 3.63) is 70.5 Å². The van der Waals surface area contributed by atoms with Crippen LogP contribution in [-0.4, -0.2) is 0 Å². The van der Waals surface area contributed by atoms with Gasteiger partial charge in [0.15, 0.2) is 0 Å². The van der Waals surface area contributed by atoms with E-state index in [1.807, 2.05) is 31.2 Å². The van der Waals surface area contributed by atoms with Crippen LogP contribution in [0.5, 0.6) is 0 Å². The third-order valence-corrected chi connectivity index (χ3v) is 3.16. The van der Waals surface area contributed by atoms with E-state index in [4.69, 9.17) is 5.73 Å². The average Bonchev–Trinajstić information content (AvgIpc) is 2.32. The molecule has 0 aromatic heterocycles. The SMILES string of the molecule is Cc1cccc(CC(N)c2cccc(C)c2F)c1. The first-order chi connectivity index (χ1) is 8.58. The molecule has 0 saturated carbocycles. The van der Waals surface area contributed by atoms with E-state index in [9.17, 15) is 4.39 Å². The highest BCUT2D eigenvalue weighted by Gasteiger charge is 2.13. The molecule has 0 aliphatic rings. The zero-order chi connectivity index (χ0) is 13.1. The standard InChI is InChI=1S/C16H18FN/c1-11-5-3-7-13(9-11)10-15(18)14-8-4-6-12(2)16(14)17/h3-9,15H,10,18H2,1-2H3. The van der Waals surface area contributed by atoms with Crippen LogP contribution in [0.1, 0.15) is 28.3 Å². The zero-order valence-electron chi connectivity index (χ0n) is 10.8. The molecule has 94 valence electrons. The highest BCUT2D eigenvalue weighted by Crippen LogP contribution is 2.21. The lowest BCUT2D eigenvalue weighted by Crippen LogP contribution is -2.15. The fourth-order valence-corrected chi connectivity index (χ4v) is 2.16. The minimum absolute atomic E-state index is 0.183. The Morgan fingerprint density at radius 2 is 1.83 bits per heavy atom. The van der Waals surface area contributed by atoms with Gasteiger partial charge in [0.1, 0.15) is 5.82 Å². The fourth-order valence-electron chi connectivity index (χ4n) is 2.16. The highest BCUT2D eigenvalue weighted by molar-refractivity contribution is 5.30. The molecule has 0 amide bonds. The highest BCUT2D eigenvalue weighted by atomic mass is 19.1. The Kier molecular flexibility index (Phi) is 3.78. The van der Waals surface area contributed by atoms with E-state index >= 15 is 0 Å². The Hall–Kier alpha value is -1.67. The summed E-state index contributed by atoms with van der Waals surface area (Å²) in [4.78, 5) is 0. The van der Waals surface area contributed by atoms with E-state index in [-0.39, 0.29) is 11.9 Å². The van der Waals surface area contributed by atoms with Crippen LogP contribution < -0.4 is 5.73 Å². The number of benzene rings is 2. The third-order valence-electron chi connectivity index (χ3n) is 3.16. The number of nitrogens with two attached hydrogens (primary N) is 1. The topological polar surface area (TPSA) is 26.0 Å². The molecule has 0 bridgehead atoms. The van der Waals surface area contributed by atoms with Crippen molar-refractivity contribution in [1.29, 1.82) is 0 Å². The molecule has 2 N–H and O–H groups in total. The Labute approximate surface area is 107 Å². The quantitative estimate of drug-likeness (QED) is 0.874. The largest absolute Gasteiger partial charge is 0.324 e. The minimum atomic E-state index is -0.299. The summed E-state index contributed by atoms with van der Waals surface area (Å²) in [5.41, 5.74) is 9.69. The first-order valence-electron chi connectivity index (χ1n) is 6.14. The van der Waals surface area contributed by atoms with Crippen molar-refractivity contribution < 1.29 is 4.39 Å². The molecule has 0 saturated heterocycles. The van der Waals surface area contributed by atoms with Crippen LogP contribution in [0.15, 0.2) is 42.5 Å². The number of rotatable bonds is 3. The van der Waals surface area contributed by atoms with Crippen molar-refractivity contribution in [1.82, 2.24) is 0 Å². The number of aryl methyl sites for hydroxylation is 2. The third kappa shape index (κ3) is 2.77. The molecule has 2 aromatic rings. The summed E-state index contributed by atoms with van der Waals surface area (Å²) in [5, 5.41) is 0. The van der Waals surface area contributed by atoms with Crippen molar-refractivity contribution in [2.24, 2.45) is 5.73 Å². The van der Waals surface area contributed by atoms with Crippen molar-refractivity contribution >= 4 is 0 Å². The second kappa shape index (κ2) is 5.32. The predicted molar refractivity (Wildman–Crippen MR) is 72.9 cm³/mol. The van der Waals surface area contributed by atoms with Crippen LogP contribution in [0.4, 0.5) is 4.39 Å². The van der Waals surface area contributed by atoms with Gasteiger partial charge in [0.05, 0.1) is 0 Å². The lowest BCUT2D eigenvalue weighted by atomic mass is 9.97. The van der Waals surface area contributed by atoms with Crippen LogP contribution >= 0.6 is 0 Å². The minimum Gasteiger partial charge on any atom is -0.324 e. The lowest BCUT2D eigenvalue weighted by Gasteiger charge is -2.14. The van der Waals surface area contributed by atoms with Gasteiger partial charge in [-0.1, -0.05) is 48.0 Å². The van der Waals surface area contributed by atoms with E-state index in [2.05, 4.69) is 6.07 Å². The molecule has 0 radical (unpaired) electrons. The fraction of sp³-hybridized carbons (Fsp3) is 0.250. The van der Waals surface area contributed by atoms with E-state index in [1.165, 1.54) is 5.56 Å². The molecular weight excluding hydrogens is 225 g/mol. The molecule has 0 spiro atoms. The van der Waals surface area contributed by atoms with Crippen molar-refractivity contribution in [2.75, 3.05) is 0 Å². The van der Waals surface area contributed by atoms with Gasteiger partial charge in [0.25, 0.3) is 0 Å². The molecule has 2 aromatic carbocycles. The Morgan fingerprint density at radius 1 is 1.11 bits per heavy atom. The molecule has 0 aliphatic carbocycles. The van der Waals surface area contributed by atoms with Gasteiger partial charge in [-0.25, -0.2) is 4.39 Å². The van der Waals surface area contributed by atoms with Gasteiger partial charge in [0, 0.05) is 11.6 Å². The molecule has 0 aliphatic heterocycles. The molecule has 0 fully saturated rings. The summed E-state index contributed by atoms with van der Waals surface area (Å²) in [5.74, 6) is -0.183. The van der Waals surface area contributed by atoms with Crippen molar-refractivity contribution in [2.45, 2.75) is 26.3 Å². The molecule has 18 heavy (non-hydrogen) atoms. The van der Waals surface area contributed by atoms with Crippen molar-refractivity contribution in [3.63, 3.8) is 0 Å². The number of hydrogen-bond donors (Lipinski definition) is 1. The molecule has 2 rings (SSSR count). The molecular formula is C16H18FN. The maximum Gasteiger partial charge on any atom is 0.130 e. The molecule has 1 nitrogen and oxygen atoms in total. The summed E-state index contributed by atoms with van der Waals surface area (Å²) >= 11 is 0. The second-order valence-corrected chi connectivity index (χ2v) is 4.78. The average molecular weight is 243 g/mol. The smallest absolute Gasteiger partial charge is 0.130 e. The van der Waals surface area contributed by atoms with E-state index in [0.29, 0.717) is 17.5 Å². The Balaban J connectivity index is 2.22. The maximum absolute atomic E-state index is 14.0. The van der Waals surface area contributed by atoms with E-state index < -0.39 is 0 Å². The Morgan fingerprint density at radius 3 is 2.56 bits per heavy atom. The lowest BCUT2D eigenvalue weighted by molar-refractivity contribution is 0.573.